The molecule has 432 valence electrons. The van der Waals surface area contributed by atoms with Gasteiger partial charge < -0.3 is 20.2 Å². The molecule has 0 bridgehead atoms. The molecule has 2 aromatic heterocycles. The summed E-state index contributed by atoms with van der Waals surface area (Å²) in [7, 11) is 0. The minimum absolute atomic E-state index is 0. The van der Waals surface area contributed by atoms with Crippen molar-refractivity contribution in [2.24, 2.45) is 0 Å². The SMILES string of the molecule is Brc1cccc(-n2c3ccc(-c4ccccc4)cc3c3cc(-c4ccccc4)ccc32)c1.C.Nc1ccc(-c2ccccc2)cc1.c1ccc(-c2ccc(Nc3cccc(-n4c5ccc(-c6ccccc6)cc5c5cc(-c6ccccc6)ccc54)c3)cc2)cc1. The van der Waals surface area contributed by atoms with Gasteiger partial charge in [-0.3, -0.25) is 0 Å². The molecular formula is C85H65BrN4. The third-order valence-electron chi connectivity index (χ3n) is 16.4. The van der Waals surface area contributed by atoms with Gasteiger partial charge in [-0.15, -0.1) is 0 Å². The molecule has 0 radical (unpaired) electrons. The van der Waals surface area contributed by atoms with Gasteiger partial charge in [0.2, 0.25) is 0 Å². The number of halogens is 1. The van der Waals surface area contributed by atoms with Crippen LogP contribution in [0.5, 0.6) is 0 Å². The van der Waals surface area contributed by atoms with E-state index in [0.717, 1.165) is 32.9 Å². The number of nitrogens with one attached hydrogen (secondary N) is 1. The summed E-state index contributed by atoms with van der Waals surface area (Å²) in [5, 5.41) is 8.64. The predicted octanol–water partition coefficient (Wildman–Crippen LogP) is 24.0. The second-order valence-corrected chi connectivity index (χ2v) is 23.1. The Labute approximate surface area is 535 Å². The summed E-state index contributed by atoms with van der Waals surface area (Å²) in [4.78, 5) is 0. The number of benzene rings is 14. The first kappa shape index (κ1) is 57.8. The Morgan fingerprint density at radius 1 is 0.233 bits per heavy atom. The van der Waals surface area contributed by atoms with E-state index in [0.29, 0.717) is 0 Å². The summed E-state index contributed by atoms with van der Waals surface area (Å²) in [6.45, 7) is 0. The van der Waals surface area contributed by atoms with E-state index in [1.54, 1.807) is 0 Å². The lowest BCUT2D eigenvalue weighted by atomic mass is 10.0. The number of hydrogen-bond acceptors (Lipinski definition) is 2. The van der Waals surface area contributed by atoms with Crippen LogP contribution in [0, 0.1) is 0 Å². The second kappa shape index (κ2) is 26.4. The maximum atomic E-state index is 5.60. The van der Waals surface area contributed by atoms with E-state index in [4.69, 9.17) is 5.73 Å². The van der Waals surface area contributed by atoms with E-state index in [1.165, 1.54) is 110 Å². The number of nitrogens with two attached hydrogens (primary N) is 1. The molecular weight excluding hydrogens is 1160 g/mol. The third-order valence-corrected chi connectivity index (χ3v) is 16.9. The zero-order chi connectivity index (χ0) is 59.9. The minimum Gasteiger partial charge on any atom is -0.399 e. The lowest BCUT2D eigenvalue weighted by molar-refractivity contribution is 1.18. The summed E-state index contributed by atoms with van der Waals surface area (Å²) in [6, 6.07) is 124. The van der Waals surface area contributed by atoms with Gasteiger partial charge in [0.15, 0.2) is 0 Å². The van der Waals surface area contributed by atoms with E-state index in [2.05, 4.69) is 334 Å². The zero-order valence-corrected chi connectivity index (χ0v) is 50.4. The van der Waals surface area contributed by atoms with Gasteiger partial charge in [-0.2, -0.15) is 0 Å². The maximum absolute atomic E-state index is 5.60. The highest BCUT2D eigenvalue weighted by Gasteiger charge is 2.17. The van der Waals surface area contributed by atoms with Crippen LogP contribution in [0.3, 0.4) is 0 Å². The zero-order valence-electron chi connectivity index (χ0n) is 48.8. The molecule has 16 aromatic rings. The fourth-order valence-corrected chi connectivity index (χ4v) is 12.4. The number of aromatic nitrogens is 2. The Balaban J connectivity index is 0.000000141. The van der Waals surface area contributed by atoms with Crippen molar-refractivity contribution in [2.75, 3.05) is 11.1 Å². The highest BCUT2D eigenvalue weighted by Crippen LogP contribution is 2.40. The number of fused-ring (bicyclic) bond motifs is 6. The molecule has 0 unspecified atom stereocenters. The molecule has 90 heavy (non-hydrogen) atoms. The van der Waals surface area contributed by atoms with Gasteiger partial charge in [-0.1, -0.05) is 266 Å². The average Bonchev–Trinajstić information content (AvgIpc) is 1.62. The van der Waals surface area contributed by atoms with Crippen molar-refractivity contribution in [3.63, 3.8) is 0 Å². The Morgan fingerprint density at radius 2 is 0.511 bits per heavy atom. The van der Waals surface area contributed by atoms with Crippen LogP contribution in [0.25, 0.3) is 122 Å². The summed E-state index contributed by atoms with van der Waals surface area (Å²) in [6.07, 6.45) is 0. The molecule has 0 aliphatic heterocycles. The first-order valence-electron chi connectivity index (χ1n) is 30.0. The molecule has 16 rings (SSSR count). The van der Waals surface area contributed by atoms with E-state index in [9.17, 15) is 0 Å². The van der Waals surface area contributed by atoms with E-state index in [-0.39, 0.29) is 7.43 Å². The van der Waals surface area contributed by atoms with Crippen LogP contribution in [0.15, 0.2) is 356 Å². The van der Waals surface area contributed by atoms with Gasteiger partial charge in [-0.05, 0) is 176 Å². The summed E-state index contributed by atoms with van der Waals surface area (Å²) in [5.41, 5.74) is 30.3. The normalized spacial score (nSPS) is 10.9. The first-order valence-corrected chi connectivity index (χ1v) is 30.8. The van der Waals surface area contributed by atoms with Crippen molar-refractivity contribution in [1.82, 2.24) is 9.13 Å². The number of anilines is 3. The number of rotatable bonds is 10. The Hall–Kier alpha value is -11.2. The summed E-state index contributed by atoms with van der Waals surface area (Å²) >= 11 is 3.65. The topological polar surface area (TPSA) is 47.9 Å². The highest BCUT2D eigenvalue weighted by atomic mass is 79.9. The molecule has 0 amide bonds. The molecule has 2 heterocycles. The Bertz CT molecular complexity index is 4870. The lowest BCUT2D eigenvalue weighted by Crippen LogP contribution is -1.96. The molecule has 0 aliphatic rings. The largest absolute Gasteiger partial charge is 0.399 e. The Morgan fingerprint density at radius 3 is 0.844 bits per heavy atom. The minimum atomic E-state index is 0. The smallest absolute Gasteiger partial charge is 0.0541 e. The van der Waals surface area contributed by atoms with Crippen LogP contribution in [0.4, 0.5) is 17.1 Å². The third kappa shape index (κ3) is 12.4. The van der Waals surface area contributed by atoms with Crippen molar-refractivity contribution in [1.29, 1.82) is 0 Å². The first-order chi connectivity index (χ1) is 43.9. The van der Waals surface area contributed by atoms with Gasteiger partial charge in [0.25, 0.3) is 0 Å². The second-order valence-electron chi connectivity index (χ2n) is 22.1. The van der Waals surface area contributed by atoms with Crippen LogP contribution >= 0.6 is 15.9 Å². The number of nitrogens with zero attached hydrogens (tertiary/aromatic N) is 2. The monoisotopic (exact) mass is 1220 g/mol. The fraction of sp³-hybridized carbons (Fsp3) is 0.0118. The molecule has 3 N–H and O–H groups in total. The standard InChI is InChI=1S/C42H30N2.C30H20BrN.C12H11N.CH4/c1-4-11-30(12-5-1)33-19-23-36(24-20-33)43-37-17-10-18-38(29-37)44-41-25-21-34(31-13-6-2-7-14-31)27-39(41)40-28-35(22-26-42(40)44)32-15-8-3-9-16-32;31-25-12-7-13-26(20-25)32-29-16-14-23(21-8-3-1-4-9-21)18-27(29)28-19-24(15-17-30(28)32)22-10-5-2-6-11-22;13-12-8-6-11(7-9-12)10-4-2-1-3-5-10;/h1-29,43H;1-20H;1-9H,13H2;1H4. The lowest BCUT2D eigenvalue weighted by Gasteiger charge is -2.12. The van der Waals surface area contributed by atoms with Gasteiger partial charge in [0, 0.05) is 54.5 Å². The molecule has 0 atom stereocenters. The van der Waals surface area contributed by atoms with Crippen molar-refractivity contribution < 1.29 is 0 Å². The Kier molecular flexibility index (Phi) is 17.0. The van der Waals surface area contributed by atoms with Crippen molar-refractivity contribution >= 4 is 76.6 Å². The van der Waals surface area contributed by atoms with Crippen LogP contribution in [-0.4, -0.2) is 9.13 Å². The van der Waals surface area contributed by atoms with Gasteiger partial charge in [0.1, 0.15) is 0 Å². The van der Waals surface area contributed by atoms with Crippen LogP contribution in [-0.2, 0) is 0 Å². The number of hydrogen-bond donors (Lipinski definition) is 2. The quantitative estimate of drug-likeness (QED) is 0.134. The molecule has 0 saturated heterocycles. The molecule has 4 nitrogen and oxygen atoms in total. The van der Waals surface area contributed by atoms with Crippen molar-refractivity contribution in [3.8, 4) is 78.1 Å². The maximum Gasteiger partial charge on any atom is 0.0541 e. The average molecular weight is 1220 g/mol. The van der Waals surface area contributed by atoms with Crippen LogP contribution < -0.4 is 11.1 Å². The van der Waals surface area contributed by atoms with Gasteiger partial charge in [0.05, 0.1) is 22.1 Å². The van der Waals surface area contributed by atoms with E-state index in [1.807, 2.05) is 48.5 Å². The van der Waals surface area contributed by atoms with Gasteiger partial charge in [-0.25, -0.2) is 0 Å². The van der Waals surface area contributed by atoms with Crippen LogP contribution in [0.1, 0.15) is 7.43 Å². The van der Waals surface area contributed by atoms with E-state index < -0.39 is 0 Å². The van der Waals surface area contributed by atoms with Crippen molar-refractivity contribution in [2.45, 2.75) is 7.43 Å². The summed E-state index contributed by atoms with van der Waals surface area (Å²) < 4.78 is 5.82. The van der Waals surface area contributed by atoms with Gasteiger partial charge >= 0.3 is 0 Å². The molecule has 0 saturated carbocycles. The van der Waals surface area contributed by atoms with Crippen LogP contribution in [0.2, 0.25) is 0 Å². The molecule has 0 aliphatic carbocycles. The van der Waals surface area contributed by atoms with E-state index >= 15 is 0 Å². The molecule has 5 heteroatoms. The molecule has 14 aromatic carbocycles. The fourth-order valence-electron chi connectivity index (χ4n) is 12.0. The molecule has 0 fully saturated rings. The predicted molar refractivity (Wildman–Crippen MR) is 389 cm³/mol. The van der Waals surface area contributed by atoms with Crippen molar-refractivity contribution in [3.05, 3.63) is 356 Å². The highest BCUT2D eigenvalue weighted by molar-refractivity contribution is 9.10. The summed E-state index contributed by atoms with van der Waals surface area (Å²) in [5.74, 6) is 0. The number of nitrogen functional groups attached to an aromatic ring is 1. The molecule has 0 spiro atoms.